The van der Waals surface area contributed by atoms with Gasteiger partial charge in [0.15, 0.2) is 18.1 Å². The first-order valence-corrected chi connectivity index (χ1v) is 7.90. The number of nitrogens with one attached hydrogen (secondary N) is 2. The van der Waals surface area contributed by atoms with E-state index in [1.54, 1.807) is 42.5 Å². The van der Waals surface area contributed by atoms with Crippen LogP contribution in [-0.4, -0.2) is 25.5 Å². The molecule has 26 heavy (non-hydrogen) atoms. The number of carbonyl (C=O) groups is 2. The van der Waals surface area contributed by atoms with E-state index in [1.807, 2.05) is 12.1 Å². The van der Waals surface area contributed by atoms with Crippen molar-refractivity contribution in [2.75, 3.05) is 19.0 Å². The SMILES string of the molecule is COc1ccccc1OCC(=O)NCc1cccc(NC(=O)CC#N)c1. The Morgan fingerprint density at radius 2 is 1.85 bits per heavy atom. The number of rotatable bonds is 8. The van der Waals surface area contributed by atoms with Crippen LogP contribution in [0.1, 0.15) is 12.0 Å². The summed E-state index contributed by atoms with van der Waals surface area (Å²) in [5.74, 6) is 0.391. The fraction of sp³-hybridized carbons (Fsp3) is 0.211. The Bertz CT molecular complexity index is 814. The number of ether oxygens (including phenoxy) is 2. The first kappa shape index (κ1) is 18.8. The molecule has 0 aliphatic rings. The molecular weight excluding hydrogens is 334 g/mol. The molecule has 7 heteroatoms. The molecule has 0 fully saturated rings. The average Bonchev–Trinajstić information content (AvgIpc) is 2.65. The molecule has 0 unspecified atom stereocenters. The van der Waals surface area contributed by atoms with Gasteiger partial charge in [-0.15, -0.1) is 0 Å². The zero-order valence-electron chi connectivity index (χ0n) is 14.3. The summed E-state index contributed by atoms with van der Waals surface area (Å²) in [6, 6.07) is 15.9. The minimum Gasteiger partial charge on any atom is -0.493 e. The highest BCUT2D eigenvalue weighted by molar-refractivity contribution is 5.92. The van der Waals surface area contributed by atoms with Crippen molar-refractivity contribution in [2.45, 2.75) is 13.0 Å². The number of hydrogen-bond acceptors (Lipinski definition) is 5. The zero-order chi connectivity index (χ0) is 18.8. The van der Waals surface area contributed by atoms with Crippen molar-refractivity contribution < 1.29 is 19.1 Å². The van der Waals surface area contributed by atoms with Crippen LogP contribution < -0.4 is 20.1 Å². The van der Waals surface area contributed by atoms with Crippen LogP contribution >= 0.6 is 0 Å². The summed E-state index contributed by atoms with van der Waals surface area (Å²) < 4.78 is 10.6. The summed E-state index contributed by atoms with van der Waals surface area (Å²) in [5.41, 5.74) is 1.38. The third kappa shape index (κ3) is 5.83. The average molecular weight is 353 g/mol. The maximum absolute atomic E-state index is 12.0. The zero-order valence-corrected chi connectivity index (χ0v) is 14.3. The lowest BCUT2D eigenvalue weighted by Gasteiger charge is -2.11. The first-order valence-electron chi connectivity index (χ1n) is 7.90. The Morgan fingerprint density at radius 1 is 1.08 bits per heavy atom. The van der Waals surface area contributed by atoms with Crippen LogP contribution in [0.2, 0.25) is 0 Å². The van der Waals surface area contributed by atoms with Crippen molar-refractivity contribution in [3.05, 3.63) is 54.1 Å². The second-order valence-electron chi connectivity index (χ2n) is 5.30. The number of hydrogen-bond donors (Lipinski definition) is 2. The third-order valence-corrected chi connectivity index (χ3v) is 3.37. The Labute approximate surface area is 151 Å². The maximum atomic E-state index is 12.0. The summed E-state index contributed by atoms with van der Waals surface area (Å²) in [7, 11) is 1.53. The Morgan fingerprint density at radius 3 is 2.58 bits per heavy atom. The lowest BCUT2D eigenvalue weighted by Crippen LogP contribution is -2.28. The summed E-state index contributed by atoms with van der Waals surface area (Å²) in [4.78, 5) is 23.4. The highest BCUT2D eigenvalue weighted by Crippen LogP contribution is 2.25. The molecule has 2 aromatic rings. The number of nitriles is 1. The monoisotopic (exact) mass is 353 g/mol. The largest absolute Gasteiger partial charge is 0.493 e. The van der Waals surface area contributed by atoms with E-state index in [4.69, 9.17) is 14.7 Å². The molecule has 0 saturated heterocycles. The van der Waals surface area contributed by atoms with E-state index in [-0.39, 0.29) is 31.4 Å². The third-order valence-electron chi connectivity index (χ3n) is 3.37. The Kier molecular flexibility index (Phi) is 7.01. The van der Waals surface area contributed by atoms with Crippen LogP contribution in [0, 0.1) is 11.3 Å². The predicted octanol–water partition coefficient (Wildman–Crippen LogP) is 2.24. The maximum Gasteiger partial charge on any atom is 0.258 e. The molecule has 0 aromatic heterocycles. The van der Waals surface area contributed by atoms with Gasteiger partial charge in [0.05, 0.1) is 13.2 Å². The molecule has 2 amide bonds. The van der Waals surface area contributed by atoms with Crippen LogP contribution in [-0.2, 0) is 16.1 Å². The van der Waals surface area contributed by atoms with Crippen LogP contribution in [0.15, 0.2) is 48.5 Å². The van der Waals surface area contributed by atoms with Crippen molar-refractivity contribution in [3.8, 4) is 17.6 Å². The number of para-hydroxylation sites is 2. The molecule has 7 nitrogen and oxygen atoms in total. The van der Waals surface area contributed by atoms with Crippen molar-refractivity contribution in [2.24, 2.45) is 0 Å². The molecule has 2 N–H and O–H groups in total. The van der Waals surface area contributed by atoms with Gasteiger partial charge < -0.3 is 20.1 Å². The van der Waals surface area contributed by atoms with E-state index < -0.39 is 0 Å². The molecule has 0 radical (unpaired) electrons. The molecule has 0 aliphatic carbocycles. The van der Waals surface area contributed by atoms with Crippen LogP contribution in [0.4, 0.5) is 5.69 Å². The molecule has 2 rings (SSSR count). The van der Waals surface area contributed by atoms with Gasteiger partial charge in [-0.3, -0.25) is 9.59 Å². The number of carbonyl (C=O) groups excluding carboxylic acids is 2. The van der Waals surface area contributed by atoms with E-state index >= 15 is 0 Å². The van der Waals surface area contributed by atoms with E-state index in [0.29, 0.717) is 17.2 Å². The van der Waals surface area contributed by atoms with Gasteiger partial charge in [-0.05, 0) is 29.8 Å². The molecular formula is C19H19N3O4. The highest BCUT2D eigenvalue weighted by atomic mass is 16.5. The predicted molar refractivity (Wildman–Crippen MR) is 95.6 cm³/mol. The Hall–Kier alpha value is -3.53. The van der Waals surface area contributed by atoms with Crippen LogP contribution in [0.5, 0.6) is 11.5 Å². The lowest BCUT2D eigenvalue weighted by atomic mass is 10.2. The minimum atomic E-state index is -0.376. The molecule has 0 saturated carbocycles. The van der Waals surface area contributed by atoms with E-state index in [2.05, 4.69) is 10.6 Å². The summed E-state index contributed by atoms with van der Waals surface area (Å²) in [6.45, 7) is 0.148. The van der Waals surface area contributed by atoms with Crippen molar-refractivity contribution >= 4 is 17.5 Å². The number of anilines is 1. The topological polar surface area (TPSA) is 100 Å². The van der Waals surface area contributed by atoms with Crippen molar-refractivity contribution in [1.82, 2.24) is 5.32 Å². The Balaban J connectivity index is 1.83. The molecule has 2 aromatic carbocycles. The number of methoxy groups -OCH3 is 1. The quantitative estimate of drug-likeness (QED) is 0.758. The van der Waals surface area contributed by atoms with E-state index in [1.165, 1.54) is 7.11 Å². The van der Waals surface area contributed by atoms with Crippen LogP contribution in [0.3, 0.4) is 0 Å². The van der Waals surface area contributed by atoms with Gasteiger partial charge in [0.2, 0.25) is 5.91 Å². The van der Waals surface area contributed by atoms with Gasteiger partial charge in [0, 0.05) is 12.2 Å². The normalized spacial score (nSPS) is 9.69. The van der Waals surface area contributed by atoms with Gasteiger partial charge in [0.1, 0.15) is 6.42 Å². The second kappa shape index (κ2) is 9.69. The molecule has 0 spiro atoms. The molecule has 0 atom stereocenters. The van der Waals surface area contributed by atoms with E-state index in [9.17, 15) is 9.59 Å². The van der Waals surface area contributed by atoms with Gasteiger partial charge in [0.25, 0.3) is 5.91 Å². The summed E-state index contributed by atoms with van der Waals surface area (Å²) >= 11 is 0. The van der Waals surface area contributed by atoms with Gasteiger partial charge in [-0.2, -0.15) is 5.26 Å². The smallest absolute Gasteiger partial charge is 0.258 e. The molecule has 0 aliphatic heterocycles. The van der Waals surface area contributed by atoms with Gasteiger partial charge >= 0.3 is 0 Å². The summed E-state index contributed by atoms with van der Waals surface area (Å²) in [5, 5.41) is 13.9. The number of amides is 2. The van der Waals surface area contributed by atoms with Crippen molar-refractivity contribution in [3.63, 3.8) is 0 Å². The lowest BCUT2D eigenvalue weighted by molar-refractivity contribution is -0.123. The first-order chi connectivity index (χ1) is 12.6. The molecule has 0 bridgehead atoms. The number of nitrogens with zero attached hydrogens (tertiary/aromatic N) is 1. The van der Waals surface area contributed by atoms with E-state index in [0.717, 1.165) is 5.56 Å². The molecule has 0 heterocycles. The van der Waals surface area contributed by atoms with Gasteiger partial charge in [-0.25, -0.2) is 0 Å². The summed E-state index contributed by atoms with van der Waals surface area (Å²) in [6.07, 6.45) is -0.207. The second-order valence-corrected chi connectivity index (χ2v) is 5.30. The van der Waals surface area contributed by atoms with Crippen LogP contribution in [0.25, 0.3) is 0 Å². The minimum absolute atomic E-state index is 0.140. The van der Waals surface area contributed by atoms with Gasteiger partial charge in [-0.1, -0.05) is 24.3 Å². The fourth-order valence-corrected chi connectivity index (χ4v) is 2.17. The molecule has 134 valence electrons. The number of benzene rings is 2. The fourth-order valence-electron chi connectivity index (χ4n) is 2.17. The highest BCUT2D eigenvalue weighted by Gasteiger charge is 2.07. The van der Waals surface area contributed by atoms with Crippen molar-refractivity contribution in [1.29, 1.82) is 5.26 Å². The standard InChI is InChI=1S/C19H19N3O4/c1-25-16-7-2-3-8-17(16)26-13-19(24)21-12-14-5-4-6-15(11-14)22-18(23)9-10-20/h2-8,11H,9,12-13H2,1H3,(H,21,24)(H,22,23).